The highest BCUT2D eigenvalue weighted by Gasteiger charge is 2.00. The summed E-state index contributed by atoms with van der Waals surface area (Å²) in [5.74, 6) is 0.622. The summed E-state index contributed by atoms with van der Waals surface area (Å²) in [4.78, 5) is 2.49. The van der Waals surface area contributed by atoms with Crippen molar-refractivity contribution in [2.75, 3.05) is 26.2 Å². The van der Waals surface area contributed by atoms with E-state index in [0.29, 0.717) is 5.92 Å². The first-order chi connectivity index (χ1) is 9.67. The van der Waals surface area contributed by atoms with Crippen LogP contribution in [0.2, 0.25) is 0 Å². The number of nitrogens with zero attached hydrogens (tertiary/aromatic N) is 1. The fourth-order valence-electron chi connectivity index (χ4n) is 2.38. The highest BCUT2D eigenvalue weighted by molar-refractivity contribution is 5.24. The molecule has 0 amide bonds. The molecule has 0 aromatic heterocycles. The third-order valence-corrected chi connectivity index (χ3v) is 3.95. The van der Waals surface area contributed by atoms with Gasteiger partial charge in [-0.1, -0.05) is 52.0 Å². The minimum Gasteiger partial charge on any atom is -0.313 e. The molecule has 1 aromatic rings. The molecule has 2 heteroatoms. The molecule has 1 aromatic carbocycles. The lowest BCUT2D eigenvalue weighted by atomic mass is 10.0. The van der Waals surface area contributed by atoms with Crippen LogP contribution in [0.15, 0.2) is 24.3 Å². The van der Waals surface area contributed by atoms with E-state index in [0.717, 1.165) is 13.1 Å². The van der Waals surface area contributed by atoms with Gasteiger partial charge in [0.2, 0.25) is 0 Å². The van der Waals surface area contributed by atoms with Gasteiger partial charge in [-0.2, -0.15) is 0 Å². The van der Waals surface area contributed by atoms with Gasteiger partial charge in [-0.05, 0) is 56.1 Å². The van der Waals surface area contributed by atoms with Crippen LogP contribution in [0.3, 0.4) is 0 Å². The SMILES string of the molecule is CCN(CC)CCCCNCc1ccc(C(C)C)cc1. The third-order valence-electron chi connectivity index (χ3n) is 3.95. The van der Waals surface area contributed by atoms with Crippen LogP contribution in [0.25, 0.3) is 0 Å². The van der Waals surface area contributed by atoms with E-state index in [-0.39, 0.29) is 0 Å². The highest BCUT2D eigenvalue weighted by Crippen LogP contribution is 2.14. The Hall–Kier alpha value is -0.860. The molecule has 1 N–H and O–H groups in total. The van der Waals surface area contributed by atoms with E-state index < -0.39 is 0 Å². The van der Waals surface area contributed by atoms with Crippen LogP contribution in [0.5, 0.6) is 0 Å². The van der Waals surface area contributed by atoms with Gasteiger partial charge in [0, 0.05) is 6.54 Å². The zero-order chi connectivity index (χ0) is 14.8. The fourth-order valence-corrected chi connectivity index (χ4v) is 2.38. The van der Waals surface area contributed by atoms with E-state index in [9.17, 15) is 0 Å². The van der Waals surface area contributed by atoms with Crippen LogP contribution in [0.1, 0.15) is 57.6 Å². The molecule has 0 radical (unpaired) electrons. The van der Waals surface area contributed by atoms with E-state index in [1.807, 2.05) is 0 Å². The number of rotatable bonds is 10. The van der Waals surface area contributed by atoms with E-state index in [2.05, 4.69) is 62.2 Å². The maximum atomic E-state index is 3.54. The number of nitrogens with one attached hydrogen (secondary N) is 1. The van der Waals surface area contributed by atoms with E-state index in [1.54, 1.807) is 0 Å². The van der Waals surface area contributed by atoms with Gasteiger partial charge in [0.05, 0.1) is 0 Å². The van der Waals surface area contributed by atoms with Crippen molar-refractivity contribution in [2.24, 2.45) is 0 Å². The van der Waals surface area contributed by atoms with Crippen LogP contribution in [-0.4, -0.2) is 31.1 Å². The van der Waals surface area contributed by atoms with Gasteiger partial charge in [-0.25, -0.2) is 0 Å². The molecule has 2 nitrogen and oxygen atoms in total. The maximum absolute atomic E-state index is 3.54. The number of hydrogen-bond acceptors (Lipinski definition) is 2. The van der Waals surface area contributed by atoms with Gasteiger partial charge in [0.1, 0.15) is 0 Å². The van der Waals surface area contributed by atoms with Crippen molar-refractivity contribution < 1.29 is 0 Å². The molecule has 0 unspecified atom stereocenters. The first kappa shape index (κ1) is 17.2. The minimum absolute atomic E-state index is 0.622. The Bertz CT molecular complexity index is 339. The van der Waals surface area contributed by atoms with Gasteiger partial charge in [0.25, 0.3) is 0 Å². The molecule has 0 aliphatic rings. The molecule has 0 spiro atoms. The first-order valence-corrected chi connectivity index (χ1v) is 8.19. The first-order valence-electron chi connectivity index (χ1n) is 8.19. The molecule has 0 saturated carbocycles. The summed E-state index contributed by atoms with van der Waals surface area (Å²) in [5, 5.41) is 3.54. The standard InChI is InChI=1S/C18H32N2/c1-5-20(6-2)14-8-7-13-19-15-17-9-11-18(12-10-17)16(3)4/h9-12,16,19H,5-8,13-15H2,1-4H3. The average molecular weight is 276 g/mol. The van der Waals surface area contributed by atoms with Crippen molar-refractivity contribution in [1.82, 2.24) is 10.2 Å². The second-order valence-corrected chi connectivity index (χ2v) is 5.81. The zero-order valence-electron chi connectivity index (χ0n) is 13.8. The van der Waals surface area contributed by atoms with E-state index in [1.165, 1.54) is 43.6 Å². The summed E-state index contributed by atoms with van der Waals surface area (Å²) < 4.78 is 0. The molecule has 0 bridgehead atoms. The summed E-state index contributed by atoms with van der Waals surface area (Å²) in [6.45, 7) is 14.6. The second kappa shape index (κ2) is 9.95. The third kappa shape index (κ3) is 6.53. The topological polar surface area (TPSA) is 15.3 Å². The quantitative estimate of drug-likeness (QED) is 0.649. The zero-order valence-corrected chi connectivity index (χ0v) is 13.8. The van der Waals surface area contributed by atoms with Crippen molar-refractivity contribution in [2.45, 2.75) is 53.0 Å². The van der Waals surface area contributed by atoms with Crippen molar-refractivity contribution in [3.8, 4) is 0 Å². The Kier molecular flexibility index (Phi) is 8.56. The van der Waals surface area contributed by atoms with Crippen molar-refractivity contribution in [3.05, 3.63) is 35.4 Å². The Balaban J connectivity index is 2.12. The Morgan fingerprint density at radius 1 is 1.00 bits per heavy atom. The Morgan fingerprint density at radius 3 is 2.20 bits per heavy atom. The minimum atomic E-state index is 0.622. The van der Waals surface area contributed by atoms with Crippen LogP contribution >= 0.6 is 0 Å². The van der Waals surface area contributed by atoms with Crippen LogP contribution in [0.4, 0.5) is 0 Å². The van der Waals surface area contributed by atoms with Crippen molar-refractivity contribution >= 4 is 0 Å². The molecular formula is C18H32N2. The monoisotopic (exact) mass is 276 g/mol. The molecular weight excluding hydrogens is 244 g/mol. The summed E-state index contributed by atoms with van der Waals surface area (Å²) in [7, 11) is 0. The lowest BCUT2D eigenvalue weighted by Crippen LogP contribution is -2.25. The van der Waals surface area contributed by atoms with Gasteiger partial charge < -0.3 is 10.2 Å². The largest absolute Gasteiger partial charge is 0.313 e. The highest BCUT2D eigenvalue weighted by atomic mass is 15.1. The molecule has 0 fully saturated rings. The Morgan fingerprint density at radius 2 is 1.65 bits per heavy atom. The summed E-state index contributed by atoms with van der Waals surface area (Å²) in [6.07, 6.45) is 2.56. The fraction of sp³-hybridized carbons (Fsp3) is 0.667. The summed E-state index contributed by atoms with van der Waals surface area (Å²) in [6, 6.07) is 9.00. The molecule has 114 valence electrons. The number of benzene rings is 1. The second-order valence-electron chi connectivity index (χ2n) is 5.81. The summed E-state index contributed by atoms with van der Waals surface area (Å²) >= 11 is 0. The molecule has 0 aliphatic heterocycles. The molecule has 20 heavy (non-hydrogen) atoms. The average Bonchev–Trinajstić information content (AvgIpc) is 2.47. The predicted octanol–water partition coefficient (Wildman–Crippen LogP) is 4.02. The molecule has 0 atom stereocenters. The maximum Gasteiger partial charge on any atom is 0.0205 e. The number of unbranched alkanes of at least 4 members (excludes halogenated alkanes) is 1. The van der Waals surface area contributed by atoms with Crippen LogP contribution in [-0.2, 0) is 6.54 Å². The van der Waals surface area contributed by atoms with Gasteiger partial charge >= 0.3 is 0 Å². The van der Waals surface area contributed by atoms with E-state index in [4.69, 9.17) is 0 Å². The van der Waals surface area contributed by atoms with Crippen molar-refractivity contribution in [3.63, 3.8) is 0 Å². The number of hydrogen-bond donors (Lipinski definition) is 1. The van der Waals surface area contributed by atoms with Gasteiger partial charge in [-0.15, -0.1) is 0 Å². The van der Waals surface area contributed by atoms with Crippen LogP contribution in [0, 0.1) is 0 Å². The molecule has 0 heterocycles. The predicted molar refractivity (Wildman–Crippen MR) is 89.3 cm³/mol. The van der Waals surface area contributed by atoms with Crippen molar-refractivity contribution in [1.29, 1.82) is 0 Å². The Labute approximate surface area is 125 Å². The van der Waals surface area contributed by atoms with E-state index >= 15 is 0 Å². The smallest absolute Gasteiger partial charge is 0.0205 e. The lowest BCUT2D eigenvalue weighted by molar-refractivity contribution is 0.296. The van der Waals surface area contributed by atoms with Gasteiger partial charge in [0.15, 0.2) is 0 Å². The van der Waals surface area contributed by atoms with Gasteiger partial charge in [-0.3, -0.25) is 0 Å². The summed E-state index contributed by atoms with van der Waals surface area (Å²) in [5.41, 5.74) is 2.81. The van der Waals surface area contributed by atoms with Crippen LogP contribution < -0.4 is 5.32 Å². The molecule has 0 saturated heterocycles. The lowest BCUT2D eigenvalue weighted by Gasteiger charge is -2.17. The molecule has 0 aliphatic carbocycles. The molecule has 1 rings (SSSR count). The normalized spacial score (nSPS) is 11.5.